The largest absolute Gasteiger partial charge is 0.355 e. The van der Waals surface area contributed by atoms with Gasteiger partial charge in [-0.05, 0) is 25.5 Å². The minimum absolute atomic E-state index is 0.0321. The quantitative estimate of drug-likeness (QED) is 0.760. The van der Waals surface area contributed by atoms with Crippen molar-refractivity contribution in [3.05, 3.63) is 30.1 Å². The predicted octanol–water partition coefficient (Wildman–Crippen LogP) is 1.26. The number of carbonyl (C=O) groups is 1. The molecule has 1 heterocycles. The number of rotatable bonds is 6. The average molecular weight is 221 g/mol. The van der Waals surface area contributed by atoms with Gasteiger partial charge in [0.05, 0.1) is 12.2 Å². The maximum absolute atomic E-state index is 11.3. The number of hydrogen-bond donors (Lipinski definition) is 2. The van der Waals surface area contributed by atoms with Gasteiger partial charge in [-0.3, -0.25) is 9.78 Å². The highest BCUT2D eigenvalue weighted by Crippen LogP contribution is 2.06. The number of hydrogen-bond acceptors (Lipinski definition) is 3. The van der Waals surface area contributed by atoms with Gasteiger partial charge in [-0.2, -0.15) is 0 Å². The van der Waals surface area contributed by atoms with Crippen LogP contribution in [0.5, 0.6) is 0 Å². The van der Waals surface area contributed by atoms with Gasteiger partial charge < -0.3 is 10.6 Å². The van der Waals surface area contributed by atoms with Crippen molar-refractivity contribution in [3.8, 4) is 0 Å². The molecule has 0 saturated heterocycles. The second-order valence-corrected chi connectivity index (χ2v) is 3.71. The first kappa shape index (κ1) is 12.6. The van der Waals surface area contributed by atoms with E-state index in [9.17, 15) is 4.79 Å². The summed E-state index contributed by atoms with van der Waals surface area (Å²) < 4.78 is 0. The van der Waals surface area contributed by atoms with Gasteiger partial charge in [0.2, 0.25) is 5.91 Å². The second-order valence-electron chi connectivity index (χ2n) is 3.71. The van der Waals surface area contributed by atoms with Crippen LogP contribution >= 0.6 is 0 Å². The number of nitrogens with one attached hydrogen (secondary N) is 2. The number of aromatic nitrogens is 1. The lowest BCUT2D eigenvalue weighted by molar-refractivity contribution is -0.120. The summed E-state index contributed by atoms with van der Waals surface area (Å²) in [6.45, 7) is 5.09. The van der Waals surface area contributed by atoms with Gasteiger partial charge in [0.15, 0.2) is 0 Å². The third kappa shape index (κ3) is 4.40. The fourth-order valence-electron chi connectivity index (χ4n) is 1.31. The lowest BCUT2D eigenvalue weighted by atomic mass is 10.2. The molecule has 1 aromatic rings. The normalized spacial score (nSPS) is 12.1. The van der Waals surface area contributed by atoms with Gasteiger partial charge in [-0.15, -0.1) is 0 Å². The summed E-state index contributed by atoms with van der Waals surface area (Å²) >= 11 is 0. The van der Waals surface area contributed by atoms with Crippen molar-refractivity contribution in [1.82, 2.24) is 15.6 Å². The fraction of sp³-hybridized carbons (Fsp3) is 0.500. The molecule has 4 heteroatoms. The summed E-state index contributed by atoms with van der Waals surface area (Å²) in [7, 11) is 0. The molecule has 1 unspecified atom stereocenters. The van der Waals surface area contributed by atoms with E-state index in [1.54, 1.807) is 6.20 Å². The molecule has 1 rings (SSSR count). The summed E-state index contributed by atoms with van der Waals surface area (Å²) in [5.41, 5.74) is 0.950. The van der Waals surface area contributed by atoms with Crippen molar-refractivity contribution < 1.29 is 4.79 Å². The molecule has 0 spiro atoms. The maximum atomic E-state index is 11.3. The number of carbonyl (C=O) groups excluding carboxylic acids is 1. The zero-order chi connectivity index (χ0) is 11.8. The number of nitrogens with zero attached hydrogens (tertiary/aromatic N) is 1. The molecular weight excluding hydrogens is 202 g/mol. The van der Waals surface area contributed by atoms with E-state index >= 15 is 0 Å². The van der Waals surface area contributed by atoms with Crippen LogP contribution in [0.25, 0.3) is 0 Å². The zero-order valence-corrected chi connectivity index (χ0v) is 9.86. The first-order chi connectivity index (χ1) is 7.74. The topological polar surface area (TPSA) is 54.0 Å². The highest BCUT2D eigenvalue weighted by molar-refractivity contribution is 5.77. The molecule has 0 bridgehead atoms. The summed E-state index contributed by atoms with van der Waals surface area (Å²) in [4.78, 5) is 15.6. The lowest BCUT2D eigenvalue weighted by Gasteiger charge is -2.12. The van der Waals surface area contributed by atoms with Crippen molar-refractivity contribution in [2.75, 3.05) is 13.1 Å². The zero-order valence-electron chi connectivity index (χ0n) is 9.86. The molecule has 16 heavy (non-hydrogen) atoms. The summed E-state index contributed by atoms with van der Waals surface area (Å²) in [5.74, 6) is 0.0321. The van der Waals surface area contributed by atoms with Crippen LogP contribution in [-0.4, -0.2) is 24.0 Å². The first-order valence-electron chi connectivity index (χ1n) is 5.65. The molecule has 1 amide bonds. The third-order valence-electron chi connectivity index (χ3n) is 2.27. The molecule has 4 nitrogen and oxygen atoms in total. The van der Waals surface area contributed by atoms with Gasteiger partial charge in [0.1, 0.15) is 0 Å². The molecule has 1 atom stereocenters. The van der Waals surface area contributed by atoms with Gasteiger partial charge in [0, 0.05) is 18.8 Å². The van der Waals surface area contributed by atoms with E-state index in [0.717, 1.165) is 18.7 Å². The van der Waals surface area contributed by atoms with Crippen molar-refractivity contribution in [3.63, 3.8) is 0 Å². The molecule has 0 radical (unpaired) electrons. The molecule has 0 aliphatic heterocycles. The van der Waals surface area contributed by atoms with Gasteiger partial charge in [-0.25, -0.2) is 0 Å². The minimum Gasteiger partial charge on any atom is -0.355 e. The highest BCUT2D eigenvalue weighted by atomic mass is 16.1. The summed E-state index contributed by atoms with van der Waals surface area (Å²) in [5, 5.41) is 5.95. The van der Waals surface area contributed by atoms with E-state index in [4.69, 9.17) is 0 Å². The Labute approximate surface area is 96.5 Å². The Kier molecular flexibility index (Phi) is 5.50. The second kappa shape index (κ2) is 6.95. The first-order valence-corrected chi connectivity index (χ1v) is 5.65. The minimum atomic E-state index is 0.0321. The number of pyridine rings is 1. The van der Waals surface area contributed by atoms with E-state index in [-0.39, 0.29) is 11.9 Å². The van der Waals surface area contributed by atoms with Crippen LogP contribution in [0.4, 0.5) is 0 Å². The number of amides is 1. The van der Waals surface area contributed by atoms with E-state index in [1.807, 2.05) is 32.0 Å². The standard InChI is InChI=1S/C12H19N3O/c1-3-7-14-12(16)9-15-10(2)11-6-4-5-8-13-11/h4-6,8,10,15H,3,7,9H2,1-2H3,(H,14,16). The lowest BCUT2D eigenvalue weighted by Crippen LogP contribution is -2.35. The van der Waals surface area contributed by atoms with Crippen LogP contribution in [0.3, 0.4) is 0 Å². The Balaban J connectivity index is 2.30. The van der Waals surface area contributed by atoms with Crippen molar-refractivity contribution in [2.24, 2.45) is 0 Å². The molecule has 0 fully saturated rings. The van der Waals surface area contributed by atoms with Crippen LogP contribution in [0, 0.1) is 0 Å². The van der Waals surface area contributed by atoms with Crippen molar-refractivity contribution in [2.45, 2.75) is 26.3 Å². The molecule has 0 aliphatic carbocycles. The van der Waals surface area contributed by atoms with E-state index in [2.05, 4.69) is 15.6 Å². The van der Waals surface area contributed by atoms with E-state index in [0.29, 0.717) is 6.54 Å². The Bertz CT molecular complexity index is 313. The Morgan fingerprint density at radius 1 is 1.50 bits per heavy atom. The molecule has 2 N–H and O–H groups in total. The van der Waals surface area contributed by atoms with E-state index < -0.39 is 0 Å². The highest BCUT2D eigenvalue weighted by Gasteiger charge is 2.07. The van der Waals surface area contributed by atoms with Gasteiger partial charge in [-0.1, -0.05) is 13.0 Å². The van der Waals surface area contributed by atoms with Gasteiger partial charge in [0.25, 0.3) is 0 Å². The molecule has 0 saturated carbocycles. The Morgan fingerprint density at radius 3 is 2.94 bits per heavy atom. The monoisotopic (exact) mass is 221 g/mol. The molecule has 0 aromatic carbocycles. The van der Waals surface area contributed by atoms with Crippen LogP contribution in [0.15, 0.2) is 24.4 Å². The van der Waals surface area contributed by atoms with Crippen molar-refractivity contribution in [1.29, 1.82) is 0 Å². The fourth-order valence-corrected chi connectivity index (χ4v) is 1.31. The van der Waals surface area contributed by atoms with Crippen LogP contribution in [-0.2, 0) is 4.79 Å². The predicted molar refractivity (Wildman–Crippen MR) is 64.0 cm³/mol. The maximum Gasteiger partial charge on any atom is 0.233 e. The molecule has 88 valence electrons. The van der Waals surface area contributed by atoms with Crippen molar-refractivity contribution >= 4 is 5.91 Å². The molecular formula is C12H19N3O. The SMILES string of the molecule is CCCNC(=O)CNC(C)c1ccccn1. The van der Waals surface area contributed by atoms with Crippen LogP contribution < -0.4 is 10.6 Å². The Hall–Kier alpha value is -1.42. The molecule has 1 aromatic heterocycles. The molecule has 0 aliphatic rings. The van der Waals surface area contributed by atoms with Crippen LogP contribution in [0.1, 0.15) is 32.0 Å². The van der Waals surface area contributed by atoms with E-state index in [1.165, 1.54) is 0 Å². The van der Waals surface area contributed by atoms with Gasteiger partial charge >= 0.3 is 0 Å². The smallest absolute Gasteiger partial charge is 0.233 e. The Morgan fingerprint density at radius 2 is 2.31 bits per heavy atom. The van der Waals surface area contributed by atoms with Crippen LogP contribution in [0.2, 0.25) is 0 Å². The summed E-state index contributed by atoms with van der Waals surface area (Å²) in [6.07, 6.45) is 2.71. The third-order valence-corrected chi connectivity index (χ3v) is 2.27. The summed E-state index contributed by atoms with van der Waals surface area (Å²) in [6, 6.07) is 5.86. The average Bonchev–Trinajstić information content (AvgIpc) is 2.34.